The number of pyridine rings is 1. The van der Waals surface area contributed by atoms with Crippen LogP contribution < -0.4 is 0 Å². The zero-order valence-corrected chi connectivity index (χ0v) is 13.2. The second kappa shape index (κ2) is 6.33. The molecule has 0 aromatic carbocycles. The van der Waals surface area contributed by atoms with E-state index in [1.54, 1.807) is 23.6 Å². The quantitative estimate of drug-likeness (QED) is 0.779. The fraction of sp³-hybridized carbons (Fsp3) is 0.333. The van der Waals surface area contributed by atoms with Gasteiger partial charge in [-0.05, 0) is 25.0 Å². The highest BCUT2D eigenvalue weighted by atomic mass is 32.1. The van der Waals surface area contributed by atoms with E-state index in [4.69, 9.17) is 9.63 Å². The van der Waals surface area contributed by atoms with Crippen molar-refractivity contribution in [3.63, 3.8) is 0 Å². The van der Waals surface area contributed by atoms with Gasteiger partial charge in [0.15, 0.2) is 0 Å². The van der Waals surface area contributed by atoms with Crippen molar-refractivity contribution in [1.29, 1.82) is 0 Å². The molecule has 0 aliphatic carbocycles. The van der Waals surface area contributed by atoms with Gasteiger partial charge in [0.1, 0.15) is 21.5 Å². The van der Waals surface area contributed by atoms with Crippen molar-refractivity contribution < 1.29 is 9.63 Å². The predicted octanol–water partition coefficient (Wildman–Crippen LogP) is 2.74. The molecule has 0 spiro atoms. The molecular formula is C15H16N4O2S. The van der Waals surface area contributed by atoms with Crippen LogP contribution in [0.4, 0.5) is 0 Å². The molecular weight excluding hydrogens is 300 g/mol. The lowest BCUT2D eigenvalue weighted by Crippen LogP contribution is -1.98. The van der Waals surface area contributed by atoms with E-state index in [-0.39, 0.29) is 12.5 Å². The van der Waals surface area contributed by atoms with Crippen LogP contribution >= 0.6 is 11.3 Å². The molecule has 0 aliphatic rings. The van der Waals surface area contributed by atoms with Gasteiger partial charge in [0.05, 0.1) is 6.61 Å². The molecule has 1 unspecified atom stereocenters. The Morgan fingerprint density at radius 2 is 2.14 bits per heavy atom. The van der Waals surface area contributed by atoms with Gasteiger partial charge in [0.25, 0.3) is 0 Å². The minimum absolute atomic E-state index is 0.107. The summed E-state index contributed by atoms with van der Waals surface area (Å²) >= 11 is 1.55. The van der Waals surface area contributed by atoms with Gasteiger partial charge in [-0.2, -0.15) is 0 Å². The van der Waals surface area contributed by atoms with E-state index < -0.39 is 0 Å². The zero-order valence-electron chi connectivity index (χ0n) is 12.4. The van der Waals surface area contributed by atoms with Gasteiger partial charge in [-0.25, -0.2) is 0 Å². The van der Waals surface area contributed by atoms with E-state index in [9.17, 15) is 0 Å². The summed E-state index contributed by atoms with van der Waals surface area (Å²) < 4.78 is 5.26. The molecule has 22 heavy (non-hydrogen) atoms. The lowest BCUT2D eigenvalue weighted by atomic mass is 9.99. The number of nitrogens with zero attached hydrogens (tertiary/aromatic N) is 4. The van der Waals surface area contributed by atoms with Crippen LogP contribution in [0.3, 0.4) is 0 Å². The number of aliphatic hydroxyl groups excluding tert-OH is 1. The van der Waals surface area contributed by atoms with Gasteiger partial charge in [0.2, 0.25) is 0 Å². The zero-order chi connectivity index (χ0) is 15.5. The Hall–Kier alpha value is -2.12. The molecule has 3 aromatic heterocycles. The number of aryl methyl sites for hydroxylation is 1. The van der Waals surface area contributed by atoms with E-state index in [2.05, 4.69) is 33.3 Å². The first-order valence-corrected chi connectivity index (χ1v) is 7.78. The highest BCUT2D eigenvalue weighted by molar-refractivity contribution is 7.14. The first kappa shape index (κ1) is 14.8. The first-order chi connectivity index (χ1) is 10.7. The third-order valence-corrected chi connectivity index (χ3v) is 4.22. The predicted molar refractivity (Wildman–Crippen MR) is 82.4 cm³/mol. The minimum atomic E-state index is -0.107. The second-order valence-corrected chi connectivity index (χ2v) is 6.37. The molecule has 0 saturated heterocycles. The third-order valence-electron chi connectivity index (χ3n) is 3.33. The Morgan fingerprint density at radius 1 is 1.27 bits per heavy atom. The maximum atomic E-state index is 9.04. The summed E-state index contributed by atoms with van der Waals surface area (Å²) in [5, 5.41) is 22.9. The Balaban J connectivity index is 1.77. The van der Waals surface area contributed by atoms with Crippen LogP contribution in [0.5, 0.6) is 0 Å². The SMILES string of the molecule is Cc1nnc(-c2cncc(CC(C)c3cc(CO)no3)c2)s1. The molecule has 0 radical (unpaired) electrons. The molecule has 114 valence electrons. The highest BCUT2D eigenvalue weighted by Gasteiger charge is 2.14. The van der Waals surface area contributed by atoms with Gasteiger partial charge >= 0.3 is 0 Å². The minimum Gasteiger partial charge on any atom is -0.390 e. The van der Waals surface area contributed by atoms with Crippen molar-refractivity contribution in [2.24, 2.45) is 0 Å². The molecule has 0 amide bonds. The molecule has 1 N–H and O–H groups in total. The molecule has 7 heteroatoms. The number of hydrogen-bond acceptors (Lipinski definition) is 7. The van der Waals surface area contributed by atoms with Crippen LogP contribution in [0.1, 0.15) is 34.9 Å². The van der Waals surface area contributed by atoms with E-state index in [0.29, 0.717) is 5.69 Å². The average molecular weight is 316 g/mol. The molecule has 0 aliphatic heterocycles. The fourth-order valence-electron chi connectivity index (χ4n) is 2.22. The molecule has 6 nitrogen and oxygen atoms in total. The monoisotopic (exact) mass is 316 g/mol. The molecule has 0 saturated carbocycles. The summed E-state index contributed by atoms with van der Waals surface area (Å²) in [5.41, 5.74) is 2.63. The summed E-state index contributed by atoms with van der Waals surface area (Å²) in [6, 6.07) is 3.86. The topological polar surface area (TPSA) is 84.9 Å². The van der Waals surface area contributed by atoms with Crippen LogP contribution in [0.15, 0.2) is 29.0 Å². The summed E-state index contributed by atoms with van der Waals surface area (Å²) in [4.78, 5) is 4.29. The molecule has 3 heterocycles. The molecule has 3 rings (SSSR count). The van der Waals surface area contributed by atoms with Gasteiger partial charge in [-0.3, -0.25) is 4.98 Å². The third kappa shape index (κ3) is 3.20. The molecule has 0 bridgehead atoms. The normalized spacial score (nSPS) is 12.5. The molecule has 1 atom stereocenters. The van der Waals surface area contributed by atoms with Crippen LogP contribution in [0, 0.1) is 6.92 Å². The van der Waals surface area contributed by atoms with Crippen LogP contribution in [0.2, 0.25) is 0 Å². The largest absolute Gasteiger partial charge is 0.390 e. The lowest BCUT2D eigenvalue weighted by molar-refractivity contribution is 0.264. The van der Waals surface area contributed by atoms with E-state index in [0.717, 1.165) is 33.3 Å². The Bertz CT molecular complexity index is 768. The van der Waals surface area contributed by atoms with Crippen molar-refractivity contribution in [1.82, 2.24) is 20.3 Å². The number of aromatic nitrogens is 4. The maximum absolute atomic E-state index is 9.04. The van der Waals surface area contributed by atoms with Gasteiger partial charge in [-0.15, -0.1) is 10.2 Å². The number of aliphatic hydroxyl groups is 1. The lowest BCUT2D eigenvalue weighted by Gasteiger charge is -2.08. The Kier molecular flexibility index (Phi) is 4.26. The Labute approximate surface area is 131 Å². The van der Waals surface area contributed by atoms with Crippen molar-refractivity contribution >= 4 is 11.3 Å². The summed E-state index contributed by atoms with van der Waals surface area (Å²) in [6.07, 6.45) is 4.42. The van der Waals surface area contributed by atoms with Crippen molar-refractivity contribution in [3.8, 4) is 10.6 Å². The van der Waals surface area contributed by atoms with Crippen LogP contribution in [-0.4, -0.2) is 25.4 Å². The summed E-state index contributed by atoms with van der Waals surface area (Å²) in [5.74, 6) is 0.919. The fourth-order valence-corrected chi connectivity index (χ4v) is 2.89. The summed E-state index contributed by atoms with van der Waals surface area (Å²) in [7, 11) is 0. The van der Waals surface area contributed by atoms with Crippen LogP contribution in [0.25, 0.3) is 10.6 Å². The van der Waals surface area contributed by atoms with E-state index in [1.165, 1.54) is 0 Å². The number of hydrogen-bond donors (Lipinski definition) is 1. The highest BCUT2D eigenvalue weighted by Crippen LogP contribution is 2.26. The van der Waals surface area contributed by atoms with Crippen molar-refractivity contribution in [2.45, 2.75) is 32.8 Å². The van der Waals surface area contributed by atoms with Crippen molar-refractivity contribution in [3.05, 3.63) is 46.6 Å². The van der Waals surface area contributed by atoms with E-state index in [1.807, 2.05) is 13.1 Å². The van der Waals surface area contributed by atoms with Crippen molar-refractivity contribution in [2.75, 3.05) is 0 Å². The Morgan fingerprint density at radius 3 is 2.82 bits per heavy atom. The standard InChI is InChI=1S/C15H16N4O2S/c1-9(14-5-13(8-20)19-21-14)3-11-4-12(7-16-6-11)15-18-17-10(2)22-15/h4-7,9,20H,3,8H2,1-2H3. The van der Waals surface area contributed by atoms with Gasteiger partial charge in [0, 0.05) is 29.9 Å². The van der Waals surface area contributed by atoms with Gasteiger partial charge in [-0.1, -0.05) is 23.4 Å². The molecule has 3 aromatic rings. The first-order valence-electron chi connectivity index (χ1n) is 6.96. The number of rotatable bonds is 5. The van der Waals surface area contributed by atoms with E-state index >= 15 is 0 Å². The molecule has 0 fully saturated rings. The second-order valence-electron chi connectivity index (χ2n) is 5.19. The smallest absolute Gasteiger partial charge is 0.149 e. The van der Waals surface area contributed by atoms with Crippen LogP contribution in [-0.2, 0) is 13.0 Å². The maximum Gasteiger partial charge on any atom is 0.149 e. The average Bonchev–Trinajstić information content (AvgIpc) is 3.16. The van der Waals surface area contributed by atoms with Gasteiger partial charge < -0.3 is 9.63 Å². The summed E-state index contributed by atoms with van der Waals surface area (Å²) in [6.45, 7) is 3.89.